The van der Waals surface area contributed by atoms with Gasteiger partial charge in [0.1, 0.15) is 0 Å². The highest BCUT2D eigenvalue weighted by Gasteiger charge is 2.33. The maximum absolute atomic E-state index is 12.9. The van der Waals surface area contributed by atoms with Gasteiger partial charge in [0.05, 0.1) is 0 Å². The summed E-state index contributed by atoms with van der Waals surface area (Å²) in [5.41, 5.74) is 1.86. The molecule has 2 fully saturated rings. The molecule has 1 aromatic heterocycles. The first-order valence-electron chi connectivity index (χ1n) is 8.84. The molecular formula is C20H24N2O. The van der Waals surface area contributed by atoms with Crippen LogP contribution in [0.1, 0.15) is 42.5 Å². The van der Waals surface area contributed by atoms with Crippen LogP contribution in [0, 0.1) is 11.8 Å². The standard InChI is InChI=1S/C20H24N2O/c23-20(22-13-10-16-6-1-2-7-18(16)15-22)17-8-5-9-19(14-17)21-11-3-4-12-21/h3-5,8-9,11-12,14,16,18H,1-2,6-7,10,13,15H2/t16-,18+/m1/s1. The number of rotatable bonds is 2. The minimum Gasteiger partial charge on any atom is -0.338 e. The lowest BCUT2D eigenvalue weighted by molar-refractivity contribution is 0.0521. The first-order chi connectivity index (χ1) is 11.3. The molecule has 0 spiro atoms. The molecule has 1 saturated carbocycles. The summed E-state index contributed by atoms with van der Waals surface area (Å²) in [5.74, 6) is 1.79. The van der Waals surface area contributed by atoms with Gasteiger partial charge in [-0.25, -0.2) is 0 Å². The molecule has 3 heteroatoms. The third kappa shape index (κ3) is 2.92. The Morgan fingerprint density at radius 2 is 1.74 bits per heavy atom. The summed E-state index contributed by atoms with van der Waals surface area (Å²) >= 11 is 0. The van der Waals surface area contributed by atoms with Crippen LogP contribution in [0.15, 0.2) is 48.8 Å². The van der Waals surface area contributed by atoms with Crippen LogP contribution in [-0.4, -0.2) is 28.5 Å². The van der Waals surface area contributed by atoms with Crippen LogP contribution in [0.4, 0.5) is 0 Å². The molecule has 0 bridgehead atoms. The number of carbonyl (C=O) groups is 1. The van der Waals surface area contributed by atoms with Crippen molar-refractivity contribution >= 4 is 5.91 Å². The van der Waals surface area contributed by atoms with Gasteiger partial charge < -0.3 is 9.47 Å². The van der Waals surface area contributed by atoms with E-state index >= 15 is 0 Å². The summed E-state index contributed by atoms with van der Waals surface area (Å²) in [6.07, 6.45) is 10.6. The molecule has 0 unspecified atom stereocenters. The van der Waals surface area contributed by atoms with Gasteiger partial charge in [0, 0.05) is 36.7 Å². The largest absolute Gasteiger partial charge is 0.338 e. The number of hydrogen-bond acceptors (Lipinski definition) is 1. The van der Waals surface area contributed by atoms with Gasteiger partial charge in [-0.1, -0.05) is 25.3 Å². The first-order valence-corrected chi connectivity index (χ1v) is 8.84. The maximum atomic E-state index is 12.9. The van der Waals surface area contributed by atoms with Crippen molar-refractivity contribution in [2.45, 2.75) is 32.1 Å². The molecule has 2 aliphatic rings. The molecule has 0 N–H and O–H groups in total. The second-order valence-corrected chi connectivity index (χ2v) is 6.99. The molecule has 0 radical (unpaired) electrons. The quantitative estimate of drug-likeness (QED) is 0.819. The van der Waals surface area contributed by atoms with Crippen molar-refractivity contribution in [1.29, 1.82) is 0 Å². The molecule has 1 aliphatic carbocycles. The van der Waals surface area contributed by atoms with Crippen molar-refractivity contribution in [3.63, 3.8) is 0 Å². The Bertz CT molecular complexity index is 677. The summed E-state index contributed by atoms with van der Waals surface area (Å²) in [6, 6.07) is 12.0. The van der Waals surface area contributed by atoms with Crippen LogP contribution in [0.5, 0.6) is 0 Å². The van der Waals surface area contributed by atoms with Gasteiger partial charge in [-0.15, -0.1) is 0 Å². The number of piperidine rings is 1. The molecule has 1 aliphatic heterocycles. The van der Waals surface area contributed by atoms with Crippen molar-refractivity contribution in [2.24, 2.45) is 11.8 Å². The van der Waals surface area contributed by atoms with E-state index in [1.54, 1.807) is 0 Å². The summed E-state index contributed by atoms with van der Waals surface area (Å²) in [4.78, 5) is 15.0. The molecule has 1 amide bonds. The predicted molar refractivity (Wildman–Crippen MR) is 91.7 cm³/mol. The van der Waals surface area contributed by atoms with Crippen LogP contribution >= 0.6 is 0 Å². The lowest BCUT2D eigenvalue weighted by atomic mass is 9.75. The first kappa shape index (κ1) is 14.6. The zero-order valence-electron chi connectivity index (χ0n) is 13.5. The Kier molecular flexibility index (Phi) is 3.94. The van der Waals surface area contributed by atoms with Crippen molar-refractivity contribution in [3.05, 3.63) is 54.4 Å². The van der Waals surface area contributed by atoms with Crippen molar-refractivity contribution in [2.75, 3.05) is 13.1 Å². The number of carbonyl (C=O) groups excluding carboxylic acids is 1. The van der Waals surface area contributed by atoms with E-state index in [0.717, 1.165) is 36.2 Å². The highest BCUT2D eigenvalue weighted by atomic mass is 16.2. The van der Waals surface area contributed by atoms with E-state index in [1.165, 1.54) is 32.1 Å². The number of aromatic nitrogens is 1. The molecule has 1 saturated heterocycles. The van der Waals surface area contributed by atoms with Crippen LogP contribution in [0.2, 0.25) is 0 Å². The fourth-order valence-corrected chi connectivity index (χ4v) is 4.27. The Balaban J connectivity index is 1.52. The lowest BCUT2D eigenvalue weighted by Crippen LogP contribution is -2.44. The summed E-state index contributed by atoms with van der Waals surface area (Å²) in [5, 5.41) is 0. The summed E-state index contributed by atoms with van der Waals surface area (Å²) < 4.78 is 2.05. The third-order valence-electron chi connectivity index (χ3n) is 5.57. The number of likely N-dealkylation sites (tertiary alicyclic amines) is 1. The molecule has 1 aromatic carbocycles. The molecule has 2 aromatic rings. The number of hydrogen-bond donors (Lipinski definition) is 0. The average molecular weight is 308 g/mol. The van der Waals surface area contributed by atoms with Gasteiger partial charge in [0.2, 0.25) is 0 Å². The number of benzene rings is 1. The molecular weight excluding hydrogens is 284 g/mol. The van der Waals surface area contributed by atoms with Gasteiger partial charge in [-0.3, -0.25) is 4.79 Å². The number of fused-ring (bicyclic) bond motifs is 1. The van der Waals surface area contributed by atoms with Crippen molar-refractivity contribution in [3.8, 4) is 5.69 Å². The Morgan fingerprint density at radius 1 is 0.957 bits per heavy atom. The predicted octanol–water partition coefficient (Wildman–Crippen LogP) is 4.13. The summed E-state index contributed by atoms with van der Waals surface area (Å²) in [6.45, 7) is 1.88. The SMILES string of the molecule is O=C(c1cccc(-n2cccc2)c1)N1CC[C@H]2CCCC[C@H]2C1. The van der Waals surface area contributed by atoms with E-state index in [1.807, 2.05) is 53.4 Å². The van der Waals surface area contributed by atoms with E-state index in [2.05, 4.69) is 4.90 Å². The third-order valence-corrected chi connectivity index (χ3v) is 5.57. The smallest absolute Gasteiger partial charge is 0.253 e. The van der Waals surface area contributed by atoms with Crippen LogP contribution < -0.4 is 0 Å². The molecule has 120 valence electrons. The molecule has 2 atom stereocenters. The normalized spacial score (nSPS) is 24.3. The van der Waals surface area contributed by atoms with E-state index in [9.17, 15) is 4.79 Å². The zero-order valence-corrected chi connectivity index (χ0v) is 13.5. The van der Waals surface area contributed by atoms with E-state index in [-0.39, 0.29) is 5.91 Å². The van der Waals surface area contributed by atoms with Gasteiger partial charge in [0.25, 0.3) is 5.91 Å². The van der Waals surface area contributed by atoms with Crippen molar-refractivity contribution in [1.82, 2.24) is 9.47 Å². The average Bonchev–Trinajstić information content (AvgIpc) is 3.15. The maximum Gasteiger partial charge on any atom is 0.253 e. The van der Waals surface area contributed by atoms with Gasteiger partial charge >= 0.3 is 0 Å². The van der Waals surface area contributed by atoms with Gasteiger partial charge in [0.15, 0.2) is 0 Å². The van der Waals surface area contributed by atoms with Gasteiger partial charge in [-0.05, 0) is 55.0 Å². The van der Waals surface area contributed by atoms with Crippen LogP contribution in [0.3, 0.4) is 0 Å². The minimum absolute atomic E-state index is 0.197. The fraction of sp³-hybridized carbons (Fsp3) is 0.450. The molecule has 4 rings (SSSR count). The highest BCUT2D eigenvalue weighted by molar-refractivity contribution is 5.94. The molecule has 3 nitrogen and oxygen atoms in total. The van der Waals surface area contributed by atoms with E-state index < -0.39 is 0 Å². The van der Waals surface area contributed by atoms with E-state index in [0.29, 0.717) is 0 Å². The lowest BCUT2D eigenvalue weighted by Gasteiger charge is -2.41. The number of amides is 1. The van der Waals surface area contributed by atoms with Crippen LogP contribution in [-0.2, 0) is 0 Å². The van der Waals surface area contributed by atoms with Gasteiger partial charge in [-0.2, -0.15) is 0 Å². The second kappa shape index (κ2) is 6.23. The van der Waals surface area contributed by atoms with E-state index in [4.69, 9.17) is 0 Å². The Labute approximate surface area is 137 Å². The molecule has 23 heavy (non-hydrogen) atoms. The molecule has 2 heterocycles. The summed E-state index contributed by atoms with van der Waals surface area (Å²) in [7, 11) is 0. The highest BCUT2D eigenvalue weighted by Crippen LogP contribution is 2.36. The van der Waals surface area contributed by atoms with Crippen LogP contribution in [0.25, 0.3) is 5.69 Å². The zero-order chi connectivity index (χ0) is 15.6. The minimum atomic E-state index is 0.197. The second-order valence-electron chi connectivity index (χ2n) is 6.99. The number of nitrogens with zero attached hydrogens (tertiary/aromatic N) is 2. The fourth-order valence-electron chi connectivity index (χ4n) is 4.27. The monoisotopic (exact) mass is 308 g/mol. The topological polar surface area (TPSA) is 25.2 Å². The Morgan fingerprint density at radius 3 is 2.57 bits per heavy atom. The Hall–Kier alpha value is -2.03. The van der Waals surface area contributed by atoms with Crippen molar-refractivity contribution < 1.29 is 4.79 Å².